The molecular weight excluding hydrogens is 390 g/mol. The molecule has 0 aromatic heterocycles. The highest BCUT2D eigenvalue weighted by molar-refractivity contribution is 7.89. The first kappa shape index (κ1) is 20.0. The van der Waals surface area contributed by atoms with Gasteiger partial charge in [-0.15, -0.1) is 0 Å². The van der Waals surface area contributed by atoms with Crippen LogP contribution in [0, 0.1) is 10.1 Å². The molecule has 2 aliphatic rings. The Kier molecular flexibility index (Phi) is 5.67. The smallest absolute Gasteiger partial charge is 0.269 e. The maximum absolute atomic E-state index is 12.7. The molecule has 2 aliphatic heterocycles. The molecule has 2 fully saturated rings. The van der Waals surface area contributed by atoms with Crippen molar-refractivity contribution >= 4 is 15.7 Å². The molecule has 1 atom stereocenters. The van der Waals surface area contributed by atoms with Crippen LogP contribution >= 0.6 is 0 Å². The van der Waals surface area contributed by atoms with E-state index in [0.717, 1.165) is 31.5 Å². The summed E-state index contributed by atoms with van der Waals surface area (Å²) in [5.41, 5.74) is 2.14. The number of nitro groups is 1. The molecule has 0 saturated carbocycles. The lowest BCUT2D eigenvalue weighted by atomic mass is 9.89. The summed E-state index contributed by atoms with van der Waals surface area (Å²) in [5.74, 6) is 0.692. The van der Waals surface area contributed by atoms with Crippen LogP contribution in [0.25, 0.3) is 0 Å². The van der Waals surface area contributed by atoms with E-state index >= 15 is 0 Å². The highest BCUT2D eigenvalue weighted by Crippen LogP contribution is 2.31. The van der Waals surface area contributed by atoms with Crippen LogP contribution in [-0.2, 0) is 16.6 Å². The standard InChI is InChI=1S/C21H25N3O4S/c25-24(26)20-8-6-17(7-9-20)14-23-15-21(16-29(23,27)28)22-12-10-19(11-13-22)18-4-2-1-3-5-18/h1-9,19,21H,10-16H2. The first-order chi connectivity index (χ1) is 13.9. The second-order valence-electron chi connectivity index (χ2n) is 7.87. The molecule has 29 heavy (non-hydrogen) atoms. The van der Waals surface area contributed by atoms with Gasteiger partial charge in [-0.05, 0) is 43.0 Å². The average Bonchev–Trinajstić information content (AvgIpc) is 3.03. The Labute approximate surface area is 171 Å². The average molecular weight is 416 g/mol. The van der Waals surface area contributed by atoms with Crippen molar-refractivity contribution in [3.8, 4) is 0 Å². The molecule has 7 nitrogen and oxygen atoms in total. The monoisotopic (exact) mass is 415 g/mol. The van der Waals surface area contributed by atoms with Crippen LogP contribution in [0.3, 0.4) is 0 Å². The number of hydrogen-bond donors (Lipinski definition) is 0. The van der Waals surface area contributed by atoms with Crippen molar-refractivity contribution in [1.82, 2.24) is 9.21 Å². The number of benzene rings is 2. The van der Waals surface area contributed by atoms with Gasteiger partial charge >= 0.3 is 0 Å². The minimum absolute atomic E-state index is 0.00905. The van der Waals surface area contributed by atoms with Crippen LogP contribution in [-0.4, -0.2) is 54.0 Å². The lowest BCUT2D eigenvalue weighted by molar-refractivity contribution is -0.384. The summed E-state index contributed by atoms with van der Waals surface area (Å²) in [4.78, 5) is 12.6. The van der Waals surface area contributed by atoms with Gasteiger partial charge in [-0.2, -0.15) is 4.31 Å². The summed E-state index contributed by atoms with van der Waals surface area (Å²) in [5, 5.41) is 10.8. The highest BCUT2D eigenvalue weighted by Gasteiger charge is 2.40. The van der Waals surface area contributed by atoms with Gasteiger partial charge in [-0.3, -0.25) is 15.0 Å². The molecule has 0 spiro atoms. The summed E-state index contributed by atoms with van der Waals surface area (Å²) < 4.78 is 26.9. The number of sulfonamides is 1. The molecule has 0 aliphatic carbocycles. The molecule has 8 heteroatoms. The Morgan fingerprint density at radius 2 is 1.66 bits per heavy atom. The Morgan fingerprint density at radius 1 is 1.00 bits per heavy atom. The number of hydrogen-bond acceptors (Lipinski definition) is 5. The van der Waals surface area contributed by atoms with E-state index in [1.165, 1.54) is 22.0 Å². The fourth-order valence-corrected chi connectivity index (χ4v) is 6.14. The third-order valence-corrected chi connectivity index (χ3v) is 7.90. The predicted molar refractivity (Wildman–Crippen MR) is 111 cm³/mol. The van der Waals surface area contributed by atoms with Gasteiger partial charge < -0.3 is 0 Å². The van der Waals surface area contributed by atoms with Gasteiger partial charge in [0.1, 0.15) is 0 Å². The molecular formula is C21H25N3O4S. The molecule has 2 saturated heterocycles. The summed E-state index contributed by atoms with van der Waals surface area (Å²) >= 11 is 0. The van der Waals surface area contributed by atoms with Gasteiger partial charge in [0.2, 0.25) is 10.0 Å². The number of rotatable bonds is 5. The molecule has 0 N–H and O–H groups in total. The van der Waals surface area contributed by atoms with Crippen LogP contribution in [0.5, 0.6) is 0 Å². The third kappa shape index (κ3) is 4.49. The van der Waals surface area contributed by atoms with E-state index in [0.29, 0.717) is 12.5 Å². The van der Waals surface area contributed by atoms with Crippen molar-refractivity contribution < 1.29 is 13.3 Å². The second kappa shape index (κ2) is 8.22. The van der Waals surface area contributed by atoms with Gasteiger partial charge in [0.15, 0.2) is 0 Å². The normalized spacial score (nSPS) is 23.2. The second-order valence-corrected chi connectivity index (χ2v) is 9.88. The van der Waals surface area contributed by atoms with Crippen LogP contribution in [0.4, 0.5) is 5.69 Å². The first-order valence-corrected chi connectivity index (χ1v) is 11.5. The minimum Gasteiger partial charge on any atom is -0.298 e. The zero-order valence-corrected chi connectivity index (χ0v) is 17.0. The fourth-order valence-electron chi connectivity index (χ4n) is 4.38. The van der Waals surface area contributed by atoms with E-state index in [1.54, 1.807) is 12.1 Å². The first-order valence-electron chi connectivity index (χ1n) is 9.92. The molecule has 0 bridgehead atoms. The summed E-state index contributed by atoms with van der Waals surface area (Å²) in [6.07, 6.45) is 2.09. The Morgan fingerprint density at radius 3 is 2.28 bits per heavy atom. The van der Waals surface area contributed by atoms with Crippen LogP contribution in [0.1, 0.15) is 29.9 Å². The van der Waals surface area contributed by atoms with E-state index in [4.69, 9.17) is 0 Å². The van der Waals surface area contributed by atoms with E-state index in [1.807, 2.05) is 6.07 Å². The number of likely N-dealkylation sites (tertiary alicyclic amines) is 1. The zero-order chi connectivity index (χ0) is 20.4. The molecule has 1 unspecified atom stereocenters. The number of nitrogens with zero attached hydrogens (tertiary/aromatic N) is 3. The van der Waals surface area contributed by atoms with Crippen molar-refractivity contribution in [2.75, 3.05) is 25.4 Å². The van der Waals surface area contributed by atoms with E-state index < -0.39 is 14.9 Å². The van der Waals surface area contributed by atoms with Gasteiger partial charge in [-0.25, -0.2) is 8.42 Å². The Hall–Kier alpha value is -2.29. The summed E-state index contributed by atoms with van der Waals surface area (Å²) in [7, 11) is -3.32. The molecule has 2 aromatic rings. The van der Waals surface area contributed by atoms with Crippen molar-refractivity contribution in [1.29, 1.82) is 0 Å². The van der Waals surface area contributed by atoms with Gasteiger partial charge in [0, 0.05) is 31.3 Å². The largest absolute Gasteiger partial charge is 0.298 e. The SMILES string of the molecule is O=[N+]([O-])c1ccc(CN2CC(N3CCC(c4ccccc4)CC3)CS2(=O)=O)cc1. The maximum Gasteiger partial charge on any atom is 0.269 e. The molecule has 4 rings (SSSR count). The Balaban J connectivity index is 1.37. The fraction of sp³-hybridized carbons (Fsp3) is 0.429. The summed E-state index contributed by atoms with van der Waals surface area (Å²) in [6.45, 7) is 2.56. The molecule has 154 valence electrons. The third-order valence-electron chi connectivity index (χ3n) is 6.03. The molecule has 2 aromatic carbocycles. The molecule has 0 radical (unpaired) electrons. The summed E-state index contributed by atoms with van der Waals surface area (Å²) in [6, 6.07) is 16.6. The van der Waals surface area contributed by atoms with Gasteiger partial charge in [0.05, 0.1) is 10.7 Å². The number of non-ortho nitro benzene ring substituents is 1. The number of piperidine rings is 1. The lowest BCUT2D eigenvalue weighted by Gasteiger charge is -2.35. The van der Waals surface area contributed by atoms with E-state index in [9.17, 15) is 18.5 Å². The van der Waals surface area contributed by atoms with Crippen LogP contribution in [0.15, 0.2) is 54.6 Å². The van der Waals surface area contributed by atoms with Gasteiger partial charge in [-0.1, -0.05) is 42.5 Å². The molecule has 0 amide bonds. The van der Waals surface area contributed by atoms with Crippen molar-refractivity contribution in [3.05, 3.63) is 75.8 Å². The predicted octanol–water partition coefficient (Wildman–Crippen LogP) is 2.99. The molecule has 2 heterocycles. The van der Waals surface area contributed by atoms with Crippen molar-refractivity contribution in [3.63, 3.8) is 0 Å². The topological polar surface area (TPSA) is 83.8 Å². The Bertz CT molecular complexity index is 955. The van der Waals surface area contributed by atoms with E-state index in [-0.39, 0.29) is 24.0 Å². The van der Waals surface area contributed by atoms with Gasteiger partial charge in [0.25, 0.3) is 5.69 Å². The quantitative estimate of drug-likeness (QED) is 0.554. The van der Waals surface area contributed by atoms with Crippen LogP contribution in [0.2, 0.25) is 0 Å². The number of nitro benzene ring substituents is 1. The van der Waals surface area contributed by atoms with Crippen LogP contribution < -0.4 is 0 Å². The maximum atomic E-state index is 12.7. The minimum atomic E-state index is -3.32. The highest BCUT2D eigenvalue weighted by atomic mass is 32.2. The van der Waals surface area contributed by atoms with Crippen molar-refractivity contribution in [2.45, 2.75) is 31.3 Å². The lowest BCUT2D eigenvalue weighted by Crippen LogP contribution is -2.43. The zero-order valence-electron chi connectivity index (χ0n) is 16.2. The van der Waals surface area contributed by atoms with E-state index in [2.05, 4.69) is 29.2 Å². The van der Waals surface area contributed by atoms with Crippen molar-refractivity contribution in [2.24, 2.45) is 0 Å².